The van der Waals surface area contributed by atoms with Gasteiger partial charge in [-0.15, -0.1) is 11.3 Å². The fraction of sp³-hybridized carbons (Fsp3) is 0.429. The number of likely N-dealkylation sites (tertiary alicyclic amines) is 1. The van der Waals surface area contributed by atoms with E-state index in [0.29, 0.717) is 18.4 Å². The van der Waals surface area contributed by atoms with Crippen LogP contribution in [0.2, 0.25) is 0 Å². The second-order valence-electron chi connectivity index (χ2n) is 10.8. The van der Waals surface area contributed by atoms with Crippen molar-refractivity contribution in [2.45, 2.75) is 70.4 Å². The van der Waals surface area contributed by atoms with E-state index in [0.717, 1.165) is 16.1 Å². The summed E-state index contributed by atoms with van der Waals surface area (Å²) in [5.41, 5.74) is 1.18. The molecule has 1 fully saturated rings. The van der Waals surface area contributed by atoms with Gasteiger partial charge in [0.1, 0.15) is 10.5 Å². The highest BCUT2D eigenvalue weighted by atomic mass is 32.1. The number of carboxylic acid groups (broad SMARTS) is 1. The lowest BCUT2D eigenvalue weighted by Crippen LogP contribution is -2.54. The molecule has 0 spiro atoms. The maximum Gasteiger partial charge on any atom is 0.329 e. The summed E-state index contributed by atoms with van der Waals surface area (Å²) < 4.78 is 0. The summed E-state index contributed by atoms with van der Waals surface area (Å²) in [6.45, 7) is 10.4. The quantitative estimate of drug-likeness (QED) is 0.452. The number of benzene rings is 1. The zero-order chi connectivity index (χ0) is 25.4. The van der Waals surface area contributed by atoms with E-state index in [9.17, 15) is 14.7 Å². The van der Waals surface area contributed by atoms with Gasteiger partial charge in [0, 0.05) is 35.5 Å². The van der Waals surface area contributed by atoms with Crippen LogP contribution in [0, 0.1) is 5.92 Å². The highest BCUT2D eigenvalue weighted by Crippen LogP contribution is 2.54. The molecule has 4 rings (SSSR count). The molecule has 0 aliphatic carbocycles. The Morgan fingerprint density at radius 3 is 2.29 bits per heavy atom. The molecule has 0 bridgehead atoms. The van der Waals surface area contributed by atoms with Crippen LogP contribution in [0.3, 0.4) is 0 Å². The molecule has 0 unspecified atom stereocenters. The molecule has 2 aromatic heterocycles. The summed E-state index contributed by atoms with van der Waals surface area (Å²) >= 11 is 1.46. The van der Waals surface area contributed by atoms with E-state index < -0.39 is 17.6 Å². The zero-order valence-electron chi connectivity index (χ0n) is 20.9. The lowest BCUT2D eigenvalue weighted by Gasteiger charge is -2.38. The van der Waals surface area contributed by atoms with E-state index in [1.54, 1.807) is 23.5 Å². The van der Waals surface area contributed by atoms with Crippen LogP contribution >= 0.6 is 11.3 Å². The molecule has 35 heavy (non-hydrogen) atoms. The minimum absolute atomic E-state index is 0.0481. The summed E-state index contributed by atoms with van der Waals surface area (Å²) in [4.78, 5) is 37.6. The van der Waals surface area contributed by atoms with Crippen molar-refractivity contribution in [2.75, 3.05) is 0 Å². The Morgan fingerprint density at radius 2 is 1.77 bits per heavy atom. The second-order valence-corrected chi connectivity index (χ2v) is 11.8. The number of hydrogen-bond acceptors (Lipinski definition) is 5. The molecule has 1 aliphatic rings. The van der Waals surface area contributed by atoms with Crippen LogP contribution in [-0.2, 0) is 10.2 Å². The number of hydrogen-bond donors (Lipinski definition) is 1. The summed E-state index contributed by atoms with van der Waals surface area (Å²) in [6, 6.07) is 10.9. The summed E-state index contributed by atoms with van der Waals surface area (Å²) in [5.74, 6) is -1.37. The maximum atomic E-state index is 14.2. The summed E-state index contributed by atoms with van der Waals surface area (Å²) in [6.07, 6.45) is 5.83. The Hall–Kier alpha value is -3.06. The van der Waals surface area contributed by atoms with Gasteiger partial charge in [0.05, 0.1) is 6.04 Å². The van der Waals surface area contributed by atoms with Crippen LogP contribution in [0.4, 0.5) is 0 Å². The van der Waals surface area contributed by atoms with Crippen molar-refractivity contribution in [3.63, 3.8) is 0 Å². The number of carbonyl (C=O) groups excluding carboxylic acids is 1. The maximum absolute atomic E-state index is 14.2. The van der Waals surface area contributed by atoms with E-state index in [1.807, 2.05) is 55.6 Å². The van der Waals surface area contributed by atoms with Crippen molar-refractivity contribution < 1.29 is 14.7 Å². The summed E-state index contributed by atoms with van der Waals surface area (Å²) in [7, 11) is 0. The van der Waals surface area contributed by atoms with Gasteiger partial charge in [-0.05, 0) is 59.6 Å². The third-order valence-corrected chi connectivity index (χ3v) is 7.72. The average molecular weight is 492 g/mol. The Kier molecular flexibility index (Phi) is 6.82. The van der Waals surface area contributed by atoms with Gasteiger partial charge in [-0.25, -0.2) is 9.78 Å². The van der Waals surface area contributed by atoms with Crippen molar-refractivity contribution in [1.82, 2.24) is 14.9 Å². The smallest absolute Gasteiger partial charge is 0.329 e. The largest absolute Gasteiger partial charge is 0.479 e. The predicted octanol–water partition coefficient (Wildman–Crippen LogP) is 6.08. The average Bonchev–Trinajstić information content (AvgIpc) is 3.45. The van der Waals surface area contributed by atoms with Gasteiger partial charge < -0.3 is 10.0 Å². The first-order valence-electron chi connectivity index (χ1n) is 12.0. The second kappa shape index (κ2) is 9.53. The summed E-state index contributed by atoms with van der Waals surface area (Å²) in [5, 5.41) is 13.3. The molecule has 7 heteroatoms. The number of aromatic nitrogens is 2. The van der Waals surface area contributed by atoms with Gasteiger partial charge in [-0.2, -0.15) is 0 Å². The zero-order valence-corrected chi connectivity index (χ0v) is 21.7. The SMILES string of the molecule is CC(C)C[C@@]1(C(=O)O)C[C@@H](c2ccncc2)[C@H](c2nccs2)N1C(=O)c1ccc(C(C)(C)C)cc1. The normalized spacial score (nSPS) is 22.5. The van der Waals surface area contributed by atoms with Crippen molar-refractivity contribution >= 4 is 23.2 Å². The van der Waals surface area contributed by atoms with E-state index in [4.69, 9.17) is 0 Å². The molecule has 1 aromatic carbocycles. The molecule has 1 saturated heterocycles. The molecule has 1 N–H and O–H groups in total. The van der Waals surface area contributed by atoms with Gasteiger partial charge >= 0.3 is 5.97 Å². The van der Waals surface area contributed by atoms with Crippen LogP contribution in [0.25, 0.3) is 0 Å². The number of pyridine rings is 1. The molecule has 1 amide bonds. The number of carboxylic acids is 1. The minimum Gasteiger partial charge on any atom is -0.479 e. The lowest BCUT2D eigenvalue weighted by molar-refractivity contribution is -0.150. The predicted molar refractivity (Wildman–Crippen MR) is 138 cm³/mol. The molecule has 1 aliphatic heterocycles. The topological polar surface area (TPSA) is 83.4 Å². The molecule has 0 radical (unpaired) electrons. The molecule has 0 saturated carbocycles. The van der Waals surface area contributed by atoms with Crippen LogP contribution in [0.5, 0.6) is 0 Å². The Labute approximate surface area is 211 Å². The molecule has 3 heterocycles. The van der Waals surface area contributed by atoms with Gasteiger partial charge in [-0.1, -0.05) is 46.8 Å². The molecule has 6 nitrogen and oxygen atoms in total. The molecular formula is C28H33N3O3S. The lowest BCUT2D eigenvalue weighted by atomic mass is 9.82. The van der Waals surface area contributed by atoms with Gasteiger partial charge in [-0.3, -0.25) is 9.78 Å². The van der Waals surface area contributed by atoms with Gasteiger partial charge in [0.2, 0.25) is 0 Å². The highest BCUT2D eigenvalue weighted by molar-refractivity contribution is 7.09. The third kappa shape index (κ3) is 4.74. The molecule has 3 aromatic rings. The first-order valence-corrected chi connectivity index (χ1v) is 12.9. The van der Waals surface area contributed by atoms with Crippen molar-refractivity contribution in [2.24, 2.45) is 5.92 Å². The highest BCUT2D eigenvalue weighted by Gasteiger charge is 2.59. The standard InChI is InChI=1S/C28H33N3O3S/c1-18(2)16-28(26(33)34)17-22(19-10-12-29-13-11-19)23(24-30-14-15-35-24)31(28)25(32)20-6-8-21(9-7-20)27(3,4)5/h6-15,18,22-23H,16-17H2,1-5H3,(H,33,34)/t22-,23+,28-/m0/s1. The Bertz CT molecular complexity index is 1170. The van der Waals surface area contributed by atoms with Crippen molar-refractivity contribution in [3.8, 4) is 0 Å². The van der Waals surface area contributed by atoms with Crippen molar-refractivity contribution in [3.05, 3.63) is 82.1 Å². The first kappa shape index (κ1) is 25.0. The number of amides is 1. The van der Waals surface area contributed by atoms with E-state index in [1.165, 1.54) is 11.3 Å². The first-order chi connectivity index (χ1) is 16.5. The molecule has 3 atom stereocenters. The number of aliphatic carboxylic acids is 1. The van der Waals surface area contributed by atoms with Crippen molar-refractivity contribution in [1.29, 1.82) is 0 Å². The van der Waals surface area contributed by atoms with Crippen LogP contribution in [0.15, 0.2) is 60.4 Å². The number of carbonyl (C=O) groups is 2. The van der Waals surface area contributed by atoms with Crippen LogP contribution < -0.4 is 0 Å². The van der Waals surface area contributed by atoms with Gasteiger partial charge in [0.25, 0.3) is 5.91 Å². The minimum atomic E-state index is -1.35. The third-order valence-electron chi connectivity index (χ3n) is 6.88. The molecule has 184 valence electrons. The fourth-order valence-corrected chi connectivity index (χ4v) is 6.09. The van der Waals surface area contributed by atoms with E-state index >= 15 is 0 Å². The number of nitrogens with zero attached hydrogens (tertiary/aromatic N) is 3. The Morgan fingerprint density at radius 1 is 1.11 bits per heavy atom. The number of rotatable bonds is 6. The van der Waals surface area contributed by atoms with Crippen LogP contribution in [-0.4, -0.2) is 37.4 Å². The van der Waals surface area contributed by atoms with Crippen LogP contribution in [0.1, 0.15) is 85.9 Å². The number of thiazole rings is 1. The molecular weight excluding hydrogens is 458 g/mol. The van der Waals surface area contributed by atoms with E-state index in [-0.39, 0.29) is 23.2 Å². The van der Waals surface area contributed by atoms with E-state index in [2.05, 4.69) is 30.7 Å². The Balaban J connectivity index is 1.89. The fourth-order valence-electron chi connectivity index (χ4n) is 5.30. The monoisotopic (exact) mass is 491 g/mol. The van der Waals surface area contributed by atoms with Gasteiger partial charge in [0.15, 0.2) is 0 Å².